The van der Waals surface area contributed by atoms with Gasteiger partial charge in [0.15, 0.2) is 0 Å². The zero-order valence-corrected chi connectivity index (χ0v) is 20.7. The first-order chi connectivity index (χ1) is 15.5. The summed E-state index contributed by atoms with van der Waals surface area (Å²) in [5.74, 6) is 0. The third-order valence-corrected chi connectivity index (χ3v) is 8.62. The van der Waals surface area contributed by atoms with Crippen LogP contribution in [0.5, 0.6) is 0 Å². The van der Waals surface area contributed by atoms with E-state index in [1.54, 1.807) is 29.2 Å². The summed E-state index contributed by atoms with van der Waals surface area (Å²) >= 11 is 12.8. The number of fused-ring (bicyclic) bond motifs is 1. The number of aromatic nitrogens is 1. The molecule has 0 aliphatic heterocycles. The van der Waals surface area contributed by atoms with Crippen molar-refractivity contribution in [2.75, 3.05) is 9.44 Å². The van der Waals surface area contributed by atoms with E-state index in [-0.39, 0.29) is 41.3 Å². The second-order valence-electron chi connectivity index (χ2n) is 6.92. The van der Waals surface area contributed by atoms with Crippen LogP contribution >= 0.6 is 34.7 Å². The Morgan fingerprint density at radius 3 is 1.91 bits per heavy atom. The monoisotopic (exact) mass is 543 g/mol. The number of benzene rings is 3. The van der Waals surface area contributed by atoms with E-state index in [0.717, 1.165) is 11.5 Å². The van der Waals surface area contributed by atoms with Crippen molar-refractivity contribution in [3.63, 3.8) is 0 Å². The molecule has 0 aliphatic carbocycles. The van der Waals surface area contributed by atoms with Crippen LogP contribution in [0.1, 0.15) is 0 Å². The van der Waals surface area contributed by atoms with E-state index in [9.17, 15) is 21.6 Å². The van der Waals surface area contributed by atoms with Crippen LogP contribution in [0.2, 0.25) is 10.0 Å². The van der Waals surface area contributed by atoms with Gasteiger partial charge in [-0.1, -0.05) is 35.3 Å². The van der Waals surface area contributed by atoms with Crippen molar-refractivity contribution in [1.82, 2.24) is 3.96 Å². The summed E-state index contributed by atoms with van der Waals surface area (Å²) in [6.45, 7) is 0. The molecule has 4 rings (SSSR count). The Hall–Kier alpha value is -2.57. The Kier molecular flexibility index (Phi) is 6.18. The maximum absolute atomic E-state index is 13.0. The predicted molar refractivity (Wildman–Crippen MR) is 132 cm³/mol. The molecule has 0 atom stereocenters. The fraction of sp³-hybridized carbons (Fsp3) is 0.0500. The summed E-state index contributed by atoms with van der Waals surface area (Å²) in [6, 6.07) is 13.9. The fourth-order valence-corrected chi connectivity index (χ4v) is 6.77. The van der Waals surface area contributed by atoms with Crippen LogP contribution in [0.15, 0.2) is 75.2 Å². The Morgan fingerprint density at radius 1 is 0.788 bits per heavy atom. The summed E-state index contributed by atoms with van der Waals surface area (Å²) in [6.07, 6.45) is 0. The highest BCUT2D eigenvalue weighted by Gasteiger charge is 2.21. The molecule has 0 aliphatic rings. The molecule has 3 aromatic carbocycles. The number of sulfonamides is 2. The van der Waals surface area contributed by atoms with Gasteiger partial charge in [-0.15, -0.1) is 0 Å². The molecule has 0 fully saturated rings. The third-order valence-electron chi connectivity index (χ3n) is 4.62. The van der Waals surface area contributed by atoms with Crippen LogP contribution in [0, 0.1) is 0 Å². The molecule has 0 unspecified atom stereocenters. The van der Waals surface area contributed by atoms with Crippen LogP contribution in [0.25, 0.3) is 10.9 Å². The van der Waals surface area contributed by atoms with Crippen molar-refractivity contribution in [3.8, 4) is 0 Å². The van der Waals surface area contributed by atoms with E-state index in [4.69, 9.17) is 23.2 Å². The molecule has 0 saturated carbocycles. The molecule has 4 aromatic rings. The Labute approximate surface area is 203 Å². The number of para-hydroxylation sites is 2. The van der Waals surface area contributed by atoms with Gasteiger partial charge in [0.25, 0.3) is 24.8 Å². The van der Waals surface area contributed by atoms with Crippen LogP contribution in [0.4, 0.5) is 11.4 Å². The topological polar surface area (TPSA) is 114 Å². The minimum Gasteiger partial charge on any atom is -0.297 e. The smallest absolute Gasteiger partial charge is 0.262 e. The predicted octanol–water partition coefficient (Wildman–Crippen LogP) is 4.51. The number of nitrogens with zero attached hydrogens (tertiary/aromatic N) is 1. The van der Waals surface area contributed by atoms with E-state index in [0.29, 0.717) is 5.52 Å². The van der Waals surface area contributed by atoms with Crippen molar-refractivity contribution >= 4 is 77.1 Å². The van der Waals surface area contributed by atoms with Crippen molar-refractivity contribution in [2.24, 2.45) is 7.05 Å². The van der Waals surface area contributed by atoms with Crippen LogP contribution in [-0.2, 0) is 27.1 Å². The van der Waals surface area contributed by atoms with Gasteiger partial charge in [-0.3, -0.25) is 18.2 Å². The molecule has 0 amide bonds. The molecule has 2 N–H and O–H groups in total. The highest BCUT2D eigenvalue weighted by molar-refractivity contribution is 7.93. The quantitative estimate of drug-likeness (QED) is 0.371. The van der Waals surface area contributed by atoms with Crippen molar-refractivity contribution in [1.29, 1.82) is 0 Å². The van der Waals surface area contributed by atoms with Gasteiger partial charge in [0, 0.05) is 17.1 Å². The zero-order chi connectivity index (χ0) is 24.0. The second kappa shape index (κ2) is 8.65. The first-order valence-corrected chi connectivity index (χ1v) is 13.7. The molecular formula is C20H15Cl2N3O5S3. The van der Waals surface area contributed by atoms with Gasteiger partial charge in [-0.05, 0) is 60.1 Å². The lowest BCUT2D eigenvalue weighted by Crippen LogP contribution is -2.17. The molecule has 0 spiro atoms. The van der Waals surface area contributed by atoms with Gasteiger partial charge in [0.1, 0.15) is 0 Å². The van der Waals surface area contributed by atoms with E-state index in [2.05, 4.69) is 9.44 Å². The molecule has 1 heterocycles. The summed E-state index contributed by atoms with van der Waals surface area (Å²) in [5.41, 5.74) is 0.592. The van der Waals surface area contributed by atoms with Crippen LogP contribution in [0.3, 0.4) is 0 Å². The second-order valence-corrected chi connectivity index (χ2v) is 12.3. The van der Waals surface area contributed by atoms with Gasteiger partial charge in [-0.25, -0.2) is 16.8 Å². The lowest BCUT2D eigenvalue weighted by Gasteiger charge is -2.15. The molecule has 0 radical (unpaired) electrons. The summed E-state index contributed by atoms with van der Waals surface area (Å²) in [5, 5.41) is 0.538. The Morgan fingerprint density at radius 2 is 1.33 bits per heavy atom. The van der Waals surface area contributed by atoms with Crippen molar-refractivity contribution in [3.05, 3.63) is 80.2 Å². The maximum Gasteiger partial charge on any atom is 0.262 e. The minimum atomic E-state index is -4.14. The largest absolute Gasteiger partial charge is 0.297 e. The standard InChI is InChI=1S/C20H15Cl2N3O5S3/c1-25-19-7-6-14(11-16(19)20(26)31-25)32(27,28)23-17-4-2-3-5-18(17)24-33(29,30)15-9-12(21)8-13(22)10-15/h2-11,23-24H,1H3. The normalized spacial score (nSPS) is 12.1. The van der Waals surface area contributed by atoms with Gasteiger partial charge in [0.2, 0.25) is 0 Å². The first-order valence-electron chi connectivity index (χ1n) is 9.17. The van der Waals surface area contributed by atoms with E-state index >= 15 is 0 Å². The lowest BCUT2D eigenvalue weighted by molar-refractivity contribution is 0.599. The fourth-order valence-electron chi connectivity index (χ4n) is 3.10. The van der Waals surface area contributed by atoms with Gasteiger partial charge in [0.05, 0.1) is 32.1 Å². The average Bonchev–Trinajstić information content (AvgIpc) is 3.02. The highest BCUT2D eigenvalue weighted by Crippen LogP contribution is 2.29. The van der Waals surface area contributed by atoms with E-state index in [1.807, 2.05) is 0 Å². The number of aryl methyl sites for hydroxylation is 1. The Bertz CT molecular complexity index is 1640. The van der Waals surface area contributed by atoms with E-state index < -0.39 is 20.0 Å². The molecular weight excluding hydrogens is 529 g/mol. The number of halogens is 2. The lowest BCUT2D eigenvalue weighted by atomic mass is 10.2. The highest BCUT2D eigenvalue weighted by atomic mass is 35.5. The molecule has 33 heavy (non-hydrogen) atoms. The van der Waals surface area contributed by atoms with Crippen LogP contribution < -0.4 is 14.2 Å². The minimum absolute atomic E-state index is 0.00693. The number of rotatable bonds is 6. The molecule has 0 saturated heterocycles. The summed E-state index contributed by atoms with van der Waals surface area (Å²) in [7, 11) is -6.56. The van der Waals surface area contributed by atoms with Crippen LogP contribution in [-0.4, -0.2) is 20.8 Å². The van der Waals surface area contributed by atoms with E-state index in [1.165, 1.54) is 42.5 Å². The molecule has 172 valence electrons. The molecule has 1 aromatic heterocycles. The number of nitrogens with one attached hydrogen (secondary N) is 2. The third kappa shape index (κ3) is 4.87. The molecule has 8 nitrogen and oxygen atoms in total. The van der Waals surface area contributed by atoms with Gasteiger partial charge < -0.3 is 0 Å². The number of hydrogen-bond acceptors (Lipinski definition) is 6. The first kappa shape index (κ1) is 23.6. The number of anilines is 2. The molecule has 13 heteroatoms. The summed E-state index contributed by atoms with van der Waals surface area (Å²) < 4.78 is 57.8. The van der Waals surface area contributed by atoms with Crippen molar-refractivity contribution < 1.29 is 16.8 Å². The van der Waals surface area contributed by atoms with Gasteiger partial charge >= 0.3 is 0 Å². The van der Waals surface area contributed by atoms with Crippen molar-refractivity contribution in [2.45, 2.75) is 9.79 Å². The van der Waals surface area contributed by atoms with Gasteiger partial charge in [-0.2, -0.15) is 0 Å². The summed E-state index contributed by atoms with van der Waals surface area (Å²) in [4.78, 5) is 11.8. The zero-order valence-electron chi connectivity index (χ0n) is 16.7. The number of hydrogen-bond donors (Lipinski definition) is 2. The Balaban J connectivity index is 1.69. The average molecular weight is 544 g/mol. The SMILES string of the molecule is Cn1sc(=O)c2cc(S(=O)(=O)Nc3ccccc3NS(=O)(=O)c3cc(Cl)cc(Cl)c3)ccc21. The molecule has 0 bridgehead atoms. The maximum atomic E-state index is 13.0.